The average molecular weight is 464 g/mol. The minimum Gasteiger partial charge on any atom is -0.382 e. The molecule has 0 radical (unpaired) electrons. The van der Waals surface area contributed by atoms with Crippen molar-refractivity contribution < 1.29 is 13.6 Å². The van der Waals surface area contributed by atoms with E-state index in [2.05, 4.69) is 16.5 Å². The normalized spacial score (nSPS) is 15.0. The molecule has 1 aliphatic rings. The van der Waals surface area contributed by atoms with Crippen LogP contribution in [0, 0.1) is 23.0 Å². The number of nitrogen functional groups attached to an aromatic ring is 1. The number of anilines is 1. The van der Waals surface area contributed by atoms with Crippen LogP contribution in [-0.4, -0.2) is 22.2 Å². The van der Waals surface area contributed by atoms with Crippen molar-refractivity contribution in [2.75, 3.05) is 12.3 Å². The maximum absolute atomic E-state index is 13.9. The number of nitrogens with zero attached hydrogens (tertiary/aromatic N) is 3. The fourth-order valence-corrected chi connectivity index (χ4v) is 4.77. The zero-order valence-electron chi connectivity index (χ0n) is 18.9. The number of hydrogen-bond donors (Lipinski definition) is 2. The van der Waals surface area contributed by atoms with Crippen LogP contribution in [0.1, 0.15) is 55.3 Å². The van der Waals surface area contributed by atoms with Gasteiger partial charge in [-0.3, -0.25) is 4.79 Å². The molecule has 1 saturated carbocycles. The maximum atomic E-state index is 13.9. The summed E-state index contributed by atoms with van der Waals surface area (Å²) < 4.78 is 28.6. The molecule has 8 heteroatoms. The highest BCUT2D eigenvalue weighted by Crippen LogP contribution is 2.40. The molecule has 0 bridgehead atoms. The van der Waals surface area contributed by atoms with Crippen molar-refractivity contribution in [2.45, 2.75) is 50.4 Å². The Kier molecular flexibility index (Phi) is 6.92. The predicted octanol–water partition coefficient (Wildman–Crippen LogP) is 4.56. The van der Waals surface area contributed by atoms with Gasteiger partial charge in [0.25, 0.3) is 0 Å². The number of nitriles is 1. The minimum absolute atomic E-state index is 0.0883. The van der Waals surface area contributed by atoms with E-state index in [1.54, 1.807) is 18.2 Å². The van der Waals surface area contributed by atoms with E-state index in [0.29, 0.717) is 43.6 Å². The van der Waals surface area contributed by atoms with Gasteiger partial charge in [-0.2, -0.15) is 10.4 Å². The highest BCUT2D eigenvalue weighted by atomic mass is 19.1. The van der Waals surface area contributed by atoms with Crippen LogP contribution in [0.15, 0.2) is 48.5 Å². The van der Waals surface area contributed by atoms with Gasteiger partial charge in [0, 0.05) is 6.54 Å². The number of carbonyl (C=O) groups is 1. The smallest absolute Gasteiger partial charge is 0.230 e. The van der Waals surface area contributed by atoms with Crippen molar-refractivity contribution in [2.24, 2.45) is 0 Å². The van der Waals surface area contributed by atoms with Crippen LogP contribution in [0.4, 0.5) is 14.6 Å². The lowest BCUT2D eigenvalue weighted by molar-refractivity contribution is -0.128. The van der Waals surface area contributed by atoms with Crippen LogP contribution in [0.5, 0.6) is 0 Å². The van der Waals surface area contributed by atoms with Crippen LogP contribution in [0.3, 0.4) is 0 Å². The summed E-state index contributed by atoms with van der Waals surface area (Å²) in [7, 11) is 0. The zero-order chi connectivity index (χ0) is 24.1. The fourth-order valence-electron chi connectivity index (χ4n) is 4.77. The molecule has 2 aromatic carbocycles. The van der Waals surface area contributed by atoms with Crippen molar-refractivity contribution >= 4 is 11.7 Å². The number of hydrogen-bond acceptors (Lipinski definition) is 4. The second-order valence-electron chi connectivity index (χ2n) is 8.72. The summed E-state index contributed by atoms with van der Waals surface area (Å²) in [5, 5.41) is 17.0. The number of nitrogens with one attached hydrogen (secondary N) is 1. The first-order chi connectivity index (χ1) is 16.4. The first kappa shape index (κ1) is 23.4. The van der Waals surface area contributed by atoms with E-state index in [1.165, 1.54) is 28.9 Å². The number of rotatable bonds is 7. The molecule has 6 nitrogen and oxygen atoms in total. The Bertz CT molecular complexity index is 1210. The van der Waals surface area contributed by atoms with Gasteiger partial charge < -0.3 is 11.1 Å². The molecule has 34 heavy (non-hydrogen) atoms. The maximum Gasteiger partial charge on any atom is 0.230 e. The highest BCUT2D eigenvalue weighted by molar-refractivity contribution is 5.88. The van der Waals surface area contributed by atoms with E-state index in [9.17, 15) is 18.8 Å². The molecule has 0 spiro atoms. The Hall–Kier alpha value is -3.73. The molecule has 176 valence electrons. The quantitative estimate of drug-likeness (QED) is 0.502. The molecular weight excluding hydrogens is 436 g/mol. The molecular formula is C26H27F2N5O. The van der Waals surface area contributed by atoms with Gasteiger partial charge in [0.15, 0.2) is 0 Å². The van der Waals surface area contributed by atoms with Gasteiger partial charge in [-0.05, 0) is 67.6 Å². The van der Waals surface area contributed by atoms with Crippen molar-refractivity contribution in [3.05, 3.63) is 77.0 Å². The van der Waals surface area contributed by atoms with Crippen LogP contribution < -0.4 is 11.1 Å². The number of benzene rings is 2. The Morgan fingerprint density at radius 1 is 1.12 bits per heavy atom. The van der Waals surface area contributed by atoms with Crippen LogP contribution in [0.25, 0.3) is 5.69 Å². The highest BCUT2D eigenvalue weighted by Gasteiger charge is 2.41. The van der Waals surface area contributed by atoms with Crippen LogP contribution in [-0.2, 0) is 16.6 Å². The minimum atomic E-state index is -0.716. The lowest BCUT2D eigenvalue weighted by Crippen LogP contribution is -2.46. The lowest BCUT2D eigenvalue weighted by Gasteiger charge is -2.36. The Morgan fingerprint density at radius 3 is 2.53 bits per heavy atom. The SMILES string of the molecule is N#Cc1c(CCCNC(=O)C2(c3cccc(F)c3)CCCCC2)nn(-c2ccc(F)cc2)c1N. The van der Waals surface area contributed by atoms with Crippen molar-refractivity contribution in [3.63, 3.8) is 0 Å². The van der Waals surface area contributed by atoms with Gasteiger partial charge in [0.2, 0.25) is 5.91 Å². The second-order valence-corrected chi connectivity index (χ2v) is 8.72. The molecule has 1 amide bonds. The van der Waals surface area contributed by atoms with E-state index < -0.39 is 5.41 Å². The van der Waals surface area contributed by atoms with Crippen molar-refractivity contribution in [1.82, 2.24) is 15.1 Å². The van der Waals surface area contributed by atoms with E-state index in [-0.39, 0.29) is 28.9 Å². The van der Waals surface area contributed by atoms with E-state index in [1.807, 2.05) is 6.07 Å². The third kappa shape index (κ3) is 4.65. The largest absolute Gasteiger partial charge is 0.382 e. The first-order valence-electron chi connectivity index (χ1n) is 11.5. The summed E-state index contributed by atoms with van der Waals surface area (Å²) in [5.74, 6) is -0.608. The lowest BCUT2D eigenvalue weighted by atomic mass is 9.68. The molecule has 0 saturated heterocycles. The van der Waals surface area contributed by atoms with Gasteiger partial charge in [0.05, 0.1) is 16.8 Å². The third-order valence-corrected chi connectivity index (χ3v) is 6.57. The van der Waals surface area contributed by atoms with Gasteiger partial charge >= 0.3 is 0 Å². The van der Waals surface area contributed by atoms with Gasteiger partial charge in [-0.25, -0.2) is 13.5 Å². The molecule has 4 rings (SSSR count). The Labute approximate surface area is 197 Å². The summed E-state index contributed by atoms with van der Waals surface area (Å²) in [6.07, 6.45) is 5.30. The van der Waals surface area contributed by atoms with Gasteiger partial charge in [-0.15, -0.1) is 0 Å². The molecule has 3 N–H and O–H groups in total. The number of amides is 1. The zero-order valence-corrected chi connectivity index (χ0v) is 18.9. The van der Waals surface area contributed by atoms with Crippen molar-refractivity contribution in [1.29, 1.82) is 5.26 Å². The van der Waals surface area contributed by atoms with Gasteiger partial charge in [-0.1, -0.05) is 31.4 Å². The monoisotopic (exact) mass is 463 g/mol. The van der Waals surface area contributed by atoms with E-state index >= 15 is 0 Å². The van der Waals surface area contributed by atoms with Gasteiger partial charge in [0.1, 0.15) is 29.1 Å². The molecule has 1 aromatic heterocycles. The predicted molar refractivity (Wildman–Crippen MR) is 125 cm³/mol. The number of nitrogens with two attached hydrogens (primary N) is 1. The number of aryl methyl sites for hydroxylation is 1. The molecule has 1 heterocycles. The number of aromatic nitrogens is 2. The summed E-state index contributed by atoms with van der Waals surface area (Å²) in [5.41, 5.74) is 7.48. The summed E-state index contributed by atoms with van der Waals surface area (Å²) >= 11 is 0. The third-order valence-electron chi connectivity index (χ3n) is 6.57. The first-order valence-corrected chi connectivity index (χ1v) is 11.5. The molecule has 0 aliphatic heterocycles. The average Bonchev–Trinajstić information content (AvgIpc) is 3.17. The molecule has 3 aromatic rings. The van der Waals surface area contributed by atoms with Crippen LogP contribution in [0.2, 0.25) is 0 Å². The number of halogens is 2. The topological polar surface area (TPSA) is 96.7 Å². The molecule has 0 unspecified atom stereocenters. The summed E-state index contributed by atoms with van der Waals surface area (Å²) in [4.78, 5) is 13.3. The molecule has 0 atom stereocenters. The fraction of sp³-hybridized carbons (Fsp3) is 0.346. The standard InChI is InChI=1S/C26H27F2N5O/c27-19-9-11-21(12-10-19)33-24(30)22(17-29)23(32-33)8-5-15-31-25(34)26(13-2-1-3-14-26)18-6-4-7-20(28)16-18/h4,6-7,9-12,16H,1-3,5,8,13-15,30H2,(H,31,34). The Balaban J connectivity index is 1.43. The summed E-state index contributed by atoms with van der Waals surface area (Å²) in [6.45, 7) is 0.393. The van der Waals surface area contributed by atoms with E-state index in [4.69, 9.17) is 5.73 Å². The van der Waals surface area contributed by atoms with Crippen molar-refractivity contribution in [3.8, 4) is 11.8 Å². The summed E-state index contributed by atoms with van der Waals surface area (Å²) in [6, 6.07) is 14.1. The van der Waals surface area contributed by atoms with Crippen LogP contribution >= 0.6 is 0 Å². The number of carbonyl (C=O) groups excluding carboxylic acids is 1. The molecule has 1 aliphatic carbocycles. The second kappa shape index (κ2) is 10.0. The molecule has 1 fully saturated rings. The Morgan fingerprint density at radius 2 is 1.85 bits per heavy atom. The van der Waals surface area contributed by atoms with E-state index in [0.717, 1.165) is 24.8 Å².